The zero-order chi connectivity index (χ0) is 32.0. The molecule has 2 amide bonds. The van der Waals surface area contributed by atoms with Crippen LogP contribution in [0.1, 0.15) is 55.5 Å². The van der Waals surface area contributed by atoms with Gasteiger partial charge in [0.2, 0.25) is 0 Å². The van der Waals surface area contributed by atoms with Crippen LogP contribution in [0.25, 0.3) is 10.2 Å². The van der Waals surface area contributed by atoms with Gasteiger partial charge in [0.15, 0.2) is 17.2 Å². The Morgan fingerprint density at radius 1 is 1.25 bits per heavy atom. The van der Waals surface area contributed by atoms with E-state index in [-0.39, 0.29) is 29.5 Å². The average Bonchev–Trinajstić information content (AvgIpc) is 3.61. The van der Waals surface area contributed by atoms with Crippen molar-refractivity contribution < 1.29 is 51.4 Å². The number of halogens is 3. The van der Waals surface area contributed by atoms with E-state index in [0.717, 1.165) is 29.7 Å². The fourth-order valence-electron chi connectivity index (χ4n) is 4.69. The molecule has 1 saturated heterocycles. The van der Waals surface area contributed by atoms with Crippen LogP contribution < -0.4 is 14.1 Å². The molecule has 1 N–H and O–H groups in total. The van der Waals surface area contributed by atoms with Crippen LogP contribution in [0.5, 0.6) is 5.75 Å². The minimum atomic E-state index is -4.69. The van der Waals surface area contributed by atoms with Crippen molar-refractivity contribution >= 4 is 39.5 Å². The lowest BCUT2D eigenvalue weighted by molar-refractivity contribution is -0.726. The number of aromatic nitrogens is 2. The molecule has 1 fully saturated rings. The molecule has 1 aromatic carbocycles. The van der Waals surface area contributed by atoms with Crippen LogP contribution in [0.3, 0.4) is 0 Å². The smallest absolute Gasteiger partial charge is 0.416 e. The molecule has 4 rings (SSSR count). The van der Waals surface area contributed by atoms with Gasteiger partial charge in [-0.1, -0.05) is 24.7 Å². The number of fused-ring (bicyclic) bond motifs is 1. The summed E-state index contributed by atoms with van der Waals surface area (Å²) >= 11 is 1.18. The maximum Gasteiger partial charge on any atom is 0.416 e. The average molecular weight is 640 g/mol. The Balaban J connectivity index is 1.65. The number of thiazole rings is 1. The number of aliphatic hydroxyl groups excluding tert-OH is 1. The minimum Gasteiger partial charge on any atom is -0.490 e. The quantitative estimate of drug-likeness (QED) is 0.262. The molecule has 0 saturated carbocycles. The number of aliphatic hydroxyl groups is 1. The molecule has 0 spiro atoms. The number of carbonyl (C=O) groups excluding carboxylic acids is 3. The van der Waals surface area contributed by atoms with E-state index in [1.54, 1.807) is 27.6 Å². The predicted molar refractivity (Wildman–Crippen MR) is 152 cm³/mol. The summed E-state index contributed by atoms with van der Waals surface area (Å²) in [5.74, 6) is -1.55. The first kappa shape index (κ1) is 32.9. The standard InChI is InChI=1S/C29H34F3N4O7S/c1-4-5-11-35-22-15-34(17-43-28(40)36-12-6-7-21(36)26(39)41-3)13-10-24(22)44-27(35)33-25(38)20-14-19(29(30,31)32)8-9-23(20)42-16-18(2)37/h8-10,13-15,18,21,37H,4-7,11-12,16-17H2,1-3H3/q+1/b33-27-/t18-,21-/m0/s1. The Morgan fingerprint density at radius 3 is 2.70 bits per heavy atom. The maximum absolute atomic E-state index is 13.5. The van der Waals surface area contributed by atoms with Crippen LogP contribution in [0.15, 0.2) is 41.7 Å². The Bertz CT molecular complexity index is 1590. The number of hydrogen-bond donors (Lipinski definition) is 1. The number of methoxy groups -OCH3 is 1. The zero-order valence-electron chi connectivity index (χ0n) is 24.5. The third-order valence-corrected chi connectivity index (χ3v) is 7.99. The lowest BCUT2D eigenvalue weighted by Crippen LogP contribution is -2.44. The molecule has 3 aromatic rings. The molecule has 0 aliphatic carbocycles. The number of alkyl halides is 3. The van der Waals surface area contributed by atoms with Gasteiger partial charge in [-0.25, -0.2) is 9.59 Å². The predicted octanol–water partition coefficient (Wildman–Crippen LogP) is 4.04. The van der Waals surface area contributed by atoms with Crippen LogP contribution in [0, 0.1) is 0 Å². The molecular weight excluding hydrogens is 605 g/mol. The van der Waals surface area contributed by atoms with Crippen molar-refractivity contribution in [3.63, 3.8) is 0 Å². The van der Waals surface area contributed by atoms with Crippen molar-refractivity contribution in [1.82, 2.24) is 9.47 Å². The van der Waals surface area contributed by atoms with E-state index in [4.69, 9.17) is 14.2 Å². The molecule has 2 atom stereocenters. The molecule has 11 nitrogen and oxygen atoms in total. The number of likely N-dealkylation sites (tertiary alicyclic amines) is 1. The highest BCUT2D eigenvalue weighted by atomic mass is 32.1. The van der Waals surface area contributed by atoms with Gasteiger partial charge in [-0.05, 0) is 44.4 Å². The molecule has 0 unspecified atom stereocenters. The van der Waals surface area contributed by atoms with Crippen LogP contribution in [0.4, 0.5) is 18.0 Å². The van der Waals surface area contributed by atoms with E-state index in [1.165, 1.54) is 30.3 Å². The van der Waals surface area contributed by atoms with Crippen molar-refractivity contribution in [3.05, 3.63) is 52.6 Å². The number of nitrogens with zero attached hydrogens (tertiary/aromatic N) is 4. The summed E-state index contributed by atoms with van der Waals surface area (Å²) in [5, 5.41) is 9.59. The van der Waals surface area contributed by atoms with Crippen LogP contribution in [-0.2, 0) is 33.7 Å². The summed E-state index contributed by atoms with van der Waals surface area (Å²) in [6, 6.07) is 3.61. The van der Waals surface area contributed by atoms with Gasteiger partial charge < -0.3 is 23.9 Å². The van der Waals surface area contributed by atoms with Crippen LogP contribution >= 0.6 is 11.3 Å². The maximum atomic E-state index is 13.5. The Labute approximate surface area is 255 Å². The monoisotopic (exact) mass is 639 g/mol. The van der Waals surface area contributed by atoms with E-state index in [2.05, 4.69) is 4.99 Å². The lowest BCUT2D eigenvalue weighted by atomic mass is 10.1. The highest BCUT2D eigenvalue weighted by Gasteiger charge is 2.36. The molecule has 238 valence electrons. The van der Waals surface area contributed by atoms with Crippen molar-refractivity contribution in [2.45, 2.75) is 71.1 Å². The van der Waals surface area contributed by atoms with Crippen molar-refractivity contribution in [3.8, 4) is 5.75 Å². The van der Waals surface area contributed by atoms with Crippen molar-refractivity contribution in [1.29, 1.82) is 0 Å². The minimum absolute atomic E-state index is 0.124. The van der Waals surface area contributed by atoms with Gasteiger partial charge in [-0.15, -0.1) is 0 Å². The molecule has 0 bridgehead atoms. The summed E-state index contributed by atoms with van der Waals surface area (Å²) in [6.45, 7) is 3.90. The number of esters is 1. The number of hydrogen-bond acceptors (Lipinski definition) is 8. The molecule has 1 aliphatic heterocycles. The number of carbonyl (C=O) groups is 3. The van der Waals surface area contributed by atoms with Gasteiger partial charge in [-0.2, -0.15) is 22.7 Å². The Hall–Kier alpha value is -3.98. The fourth-order valence-corrected chi connectivity index (χ4v) is 5.71. The van der Waals surface area contributed by atoms with E-state index in [1.807, 2.05) is 6.92 Å². The third-order valence-electron chi connectivity index (χ3n) is 6.93. The summed E-state index contributed by atoms with van der Waals surface area (Å²) in [4.78, 5) is 43.9. The van der Waals surface area contributed by atoms with Crippen LogP contribution in [-0.4, -0.2) is 65.0 Å². The van der Waals surface area contributed by atoms with Crippen LogP contribution in [0.2, 0.25) is 0 Å². The summed E-state index contributed by atoms with van der Waals surface area (Å²) in [5.41, 5.74) is -0.732. The molecule has 15 heteroatoms. The number of ether oxygens (including phenoxy) is 3. The Morgan fingerprint density at radius 2 is 2.02 bits per heavy atom. The van der Waals surface area contributed by atoms with Gasteiger partial charge in [-0.3, -0.25) is 9.69 Å². The summed E-state index contributed by atoms with van der Waals surface area (Å²) in [6.07, 6.45) is -0.148. The molecular formula is C29H34F3N4O7S+. The lowest BCUT2D eigenvalue weighted by Gasteiger charge is -2.20. The van der Waals surface area contributed by atoms with Gasteiger partial charge in [0.05, 0.1) is 29.0 Å². The first-order chi connectivity index (χ1) is 20.9. The SMILES string of the molecule is CCCCn1/c(=N/C(=O)c2cc(C(F)(F)F)ccc2OC[C@H](C)O)sc2cc[n+](COC(=O)N3CCC[C@H]3C(=O)OC)cc21. The van der Waals surface area contributed by atoms with Gasteiger partial charge in [0.1, 0.15) is 23.9 Å². The number of benzene rings is 1. The second-order valence-electron chi connectivity index (χ2n) is 10.3. The third kappa shape index (κ3) is 7.75. The van der Waals surface area contributed by atoms with E-state index < -0.39 is 41.9 Å². The molecule has 2 aromatic heterocycles. The second kappa shape index (κ2) is 14.2. The van der Waals surface area contributed by atoms with Gasteiger partial charge in [0, 0.05) is 19.2 Å². The largest absolute Gasteiger partial charge is 0.490 e. The molecule has 44 heavy (non-hydrogen) atoms. The number of amides is 2. The van der Waals surface area contributed by atoms with E-state index in [9.17, 15) is 32.7 Å². The summed E-state index contributed by atoms with van der Waals surface area (Å²) < 4.78 is 60.3. The molecule has 1 aliphatic rings. The zero-order valence-corrected chi connectivity index (χ0v) is 25.3. The highest BCUT2D eigenvalue weighted by molar-refractivity contribution is 7.16. The van der Waals surface area contributed by atoms with E-state index >= 15 is 0 Å². The van der Waals surface area contributed by atoms with Crippen molar-refractivity contribution in [2.75, 3.05) is 20.3 Å². The van der Waals surface area contributed by atoms with E-state index in [0.29, 0.717) is 37.5 Å². The highest BCUT2D eigenvalue weighted by Crippen LogP contribution is 2.33. The summed E-state index contributed by atoms with van der Waals surface area (Å²) in [7, 11) is 1.27. The molecule has 0 radical (unpaired) electrons. The van der Waals surface area contributed by atoms with Gasteiger partial charge in [0.25, 0.3) is 12.6 Å². The first-order valence-electron chi connectivity index (χ1n) is 14.1. The second-order valence-corrected chi connectivity index (χ2v) is 11.3. The van der Waals surface area contributed by atoms with Crippen molar-refractivity contribution in [2.24, 2.45) is 4.99 Å². The topological polar surface area (TPSA) is 124 Å². The first-order valence-corrected chi connectivity index (χ1v) is 14.9. The van der Waals surface area contributed by atoms with Gasteiger partial charge >= 0.3 is 18.2 Å². The number of unbranched alkanes of at least 4 members (excludes halogenated alkanes) is 1. The molecule has 3 heterocycles. The normalized spacial score (nSPS) is 16.3. The number of pyridine rings is 1. The fraction of sp³-hybridized carbons (Fsp3) is 0.483. The Kier molecular flexibility index (Phi) is 10.6. The number of aryl methyl sites for hydroxylation is 1. The number of rotatable bonds is 10.